The fourth-order valence-electron chi connectivity index (χ4n) is 2.90. The van der Waals surface area contributed by atoms with Crippen LogP contribution < -0.4 is 4.90 Å². The van der Waals surface area contributed by atoms with Crippen LogP contribution in [0.5, 0.6) is 0 Å². The molecule has 0 aromatic heterocycles. The van der Waals surface area contributed by atoms with Crippen molar-refractivity contribution in [1.29, 1.82) is 0 Å². The van der Waals surface area contributed by atoms with Gasteiger partial charge in [-0.15, -0.1) is 0 Å². The molecule has 1 saturated heterocycles. The summed E-state index contributed by atoms with van der Waals surface area (Å²) in [5.74, 6) is -0.210. The number of halogens is 1. The highest BCUT2D eigenvalue weighted by atomic mass is 35.7. The van der Waals surface area contributed by atoms with Crippen LogP contribution >= 0.6 is 10.7 Å². The molecule has 0 spiro atoms. The third-order valence-electron chi connectivity index (χ3n) is 4.04. The highest BCUT2D eigenvalue weighted by Gasteiger charge is 2.38. The van der Waals surface area contributed by atoms with E-state index in [0.29, 0.717) is 17.7 Å². The van der Waals surface area contributed by atoms with Crippen molar-refractivity contribution in [1.82, 2.24) is 0 Å². The largest absolute Gasteiger partial charge is 0.311 e. The number of Topliss-reactive ketones (excluding diaryl/α,β-unsaturated/α-hetero) is 1. The number of rotatable bonds is 2. The number of amides is 1. The van der Waals surface area contributed by atoms with Crippen molar-refractivity contribution in [2.45, 2.75) is 30.9 Å². The Hall–Kier alpha value is -1.40. The molecule has 21 heavy (non-hydrogen) atoms. The molecule has 3 rings (SSSR count). The Balaban J connectivity index is 1.93. The molecular weight excluding hydrogens is 314 g/mol. The van der Waals surface area contributed by atoms with Gasteiger partial charge in [-0.2, -0.15) is 0 Å². The van der Waals surface area contributed by atoms with Gasteiger partial charge < -0.3 is 4.90 Å². The maximum absolute atomic E-state index is 12.0. The maximum atomic E-state index is 12.0. The standard InChI is InChI=1S/C14H14ClNO4S/c15-21(19,20)11-7-14(18)16(8-11)10-5-4-9-2-1-3-13(17)12(9)6-10/h4-6,11H,1-3,7-8H2. The van der Waals surface area contributed by atoms with Gasteiger partial charge in [-0.3, -0.25) is 9.59 Å². The first-order valence-corrected chi connectivity index (χ1v) is 9.13. The summed E-state index contributed by atoms with van der Waals surface area (Å²) in [5, 5.41) is -0.890. The molecule has 2 aliphatic rings. The first-order valence-electron chi connectivity index (χ1n) is 6.76. The minimum Gasteiger partial charge on any atom is -0.311 e. The molecule has 1 unspecified atom stereocenters. The Morgan fingerprint density at radius 2 is 1.95 bits per heavy atom. The van der Waals surface area contributed by atoms with E-state index in [0.717, 1.165) is 18.4 Å². The molecular formula is C14H14ClNO4S. The second kappa shape index (κ2) is 5.10. The molecule has 112 valence electrons. The summed E-state index contributed by atoms with van der Waals surface area (Å²) in [6.45, 7) is 0.0393. The van der Waals surface area contributed by atoms with Crippen LogP contribution in [0, 0.1) is 0 Å². The van der Waals surface area contributed by atoms with E-state index in [9.17, 15) is 18.0 Å². The quantitative estimate of drug-likeness (QED) is 0.778. The molecule has 1 heterocycles. The Morgan fingerprint density at radius 1 is 1.19 bits per heavy atom. The second-order valence-electron chi connectivity index (χ2n) is 5.42. The van der Waals surface area contributed by atoms with Crippen LogP contribution in [-0.4, -0.2) is 31.9 Å². The Morgan fingerprint density at radius 3 is 2.62 bits per heavy atom. The molecule has 1 atom stereocenters. The second-order valence-corrected chi connectivity index (χ2v) is 8.33. The molecule has 7 heteroatoms. The zero-order valence-electron chi connectivity index (χ0n) is 11.2. The highest BCUT2D eigenvalue weighted by Crippen LogP contribution is 2.30. The molecule has 1 aromatic rings. The van der Waals surface area contributed by atoms with Gasteiger partial charge in [-0.05, 0) is 30.5 Å². The minimum atomic E-state index is -3.76. The van der Waals surface area contributed by atoms with Crippen LogP contribution in [0.15, 0.2) is 18.2 Å². The molecule has 0 N–H and O–H groups in total. The topological polar surface area (TPSA) is 71.5 Å². The van der Waals surface area contributed by atoms with Gasteiger partial charge in [0.1, 0.15) is 5.25 Å². The molecule has 1 amide bonds. The van der Waals surface area contributed by atoms with E-state index in [4.69, 9.17) is 10.7 Å². The monoisotopic (exact) mass is 327 g/mol. The lowest BCUT2D eigenvalue weighted by atomic mass is 9.90. The summed E-state index contributed by atoms with van der Waals surface area (Å²) in [5.41, 5.74) is 2.20. The number of fused-ring (bicyclic) bond motifs is 1. The Labute approximate surface area is 127 Å². The SMILES string of the molecule is O=C1CCCc2ccc(N3CC(S(=O)(=O)Cl)CC3=O)cc21. The molecule has 1 aromatic carbocycles. The number of aryl methyl sites for hydroxylation is 1. The number of hydrogen-bond acceptors (Lipinski definition) is 4. The number of carbonyl (C=O) groups excluding carboxylic acids is 2. The summed E-state index contributed by atoms with van der Waals surface area (Å²) >= 11 is 0. The van der Waals surface area contributed by atoms with E-state index in [2.05, 4.69) is 0 Å². The van der Waals surface area contributed by atoms with Gasteiger partial charge in [0.15, 0.2) is 5.78 Å². The zero-order chi connectivity index (χ0) is 15.2. The van der Waals surface area contributed by atoms with Crippen molar-refractivity contribution in [3.05, 3.63) is 29.3 Å². The van der Waals surface area contributed by atoms with Gasteiger partial charge in [0, 0.05) is 41.3 Å². The predicted octanol–water partition coefficient (Wildman–Crippen LogP) is 1.88. The van der Waals surface area contributed by atoms with E-state index < -0.39 is 14.3 Å². The predicted molar refractivity (Wildman–Crippen MR) is 79.2 cm³/mol. The Kier molecular flexibility index (Phi) is 3.53. The van der Waals surface area contributed by atoms with Gasteiger partial charge in [-0.25, -0.2) is 8.42 Å². The molecule has 1 aliphatic carbocycles. The van der Waals surface area contributed by atoms with Gasteiger partial charge in [0.05, 0.1) is 0 Å². The smallest absolute Gasteiger partial charge is 0.237 e. The summed E-state index contributed by atoms with van der Waals surface area (Å²) in [6.07, 6.45) is 2.11. The number of ketones is 1. The van der Waals surface area contributed by atoms with E-state index in [1.165, 1.54) is 4.90 Å². The van der Waals surface area contributed by atoms with Gasteiger partial charge >= 0.3 is 0 Å². The van der Waals surface area contributed by atoms with Crippen LogP contribution in [0.3, 0.4) is 0 Å². The van der Waals surface area contributed by atoms with Crippen molar-refractivity contribution in [3.8, 4) is 0 Å². The maximum Gasteiger partial charge on any atom is 0.237 e. The lowest BCUT2D eigenvalue weighted by Crippen LogP contribution is -2.27. The van der Waals surface area contributed by atoms with E-state index in [-0.39, 0.29) is 24.7 Å². The van der Waals surface area contributed by atoms with E-state index >= 15 is 0 Å². The molecule has 0 radical (unpaired) electrons. The average Bonchev–Trinajstić information content (AvgIpc) is 2.81. The summed E-state index contributed by atoms with van der Waals surface area (Å²) < 4.78 is 22.7. The van der Waals surface area contributed by atoms with E-state index in [1.54, 1.807) is 12.1 Å². The Bertz CT molecular complexity index is 728. The molecule has 0 bridgehead atoms. The number of benzene rings is 1. The van der Waals surface area contributed by atoms with Crippen molar-refractivity contribution < 1.29 is 18.0 Å². The van der Waals surface area contributed by atoms with Crippen LogP contribution in [0.25, 0.3) is 0 Å². The van der Waals surface area contributed by atoms with Crippen molar-refractivity contribution in [2.75, 3.05) is 11.4 Å². The third-order valence-corrected chi connectivity index (χ3v) is 5.91. The summed E-state index contributed by atoms with van der Waals surface area (Å²) in [4.78, 5) is 25.3. The molecule has 0 saturated carbocycles. The van der Waals surface area contributed by atoms with Gasteiger partial charge in [0.25, 0.3) is 0 Å². The van der Waals surface area contributed by atoms with Crippen LogP contribution in [0.1, 0.15) is 35.2 Å². The first kappa shape index (κ1) is 14.5. The first-order chi connectivity index (χ1) is 9.86. The average molecular weight is 328 g/mol. The summed E-state index contributed by atoms with van der Waals surface area (Å²) in [6, 6.07) is 5.30. The van der Waals surface area contributed by atoms with Crippen LogP contribution in [-0.2, 0) is 20.3 Å². The normalized spacial score (nSPS) is 22.5. The summed E-state index contributed by atoms with van der Waals surface area (Å²) in [7, 11) is 1.57. The molecule has 1 aliphatic heterocycles. The lowest BCUT2D eigenvalue weighted by molar-refractivity contribution is -0.117. The minimum absolute atomic E-state index is 0.0393. The number of nitrogens with zero attached hydrogens (tertiary/aromatic N) is 1. The van der Waals surface area contributed by atoms with Crippen molar-refractivity contribution in [2.24, 2.45) is 0 Å². The van der Waals surface area contributed by atoms with Crippen molar-refractivity contribution in [3.63, 3.8) is 0 Å². The third kappa shape index (κ3) is 2.70. The zero-order valence-corrected chi connectivity index (χ0v) is 12.8. The fraction of sp³-hybridized carbons (Fsp3) is 0.429. The van der Waals surface area contributed by atoms with Gasteiger partial charge in [-0.1, -0.05) is 6.07 Å². The highest BCUT2D eigenvalue weighted by molar-refractivity contribution is 8.14. The van der Waals surface area contributed by atoms with Crippen LogP contribution in [0.4, 0.5) is 5.69 Å². The number of hydrogen-bond donors (Lipinski definition) is 0. The lowest BCUT2D eigenvalue weighted by Gasteiger charge is -2.20. The molecule has 5 nitrogen and oxygen atoms in total. The van der Waals surface area contributed by atoms with Crippen LogP contribution in [0.2, 0.25) is 0 Å². The van der Waals surface area contributed by atoms with E-state index in [1.807, 2.05) is 6.07 Å². The van der Waals surface area contributed by atoms with Crippen molar-refractivity contribution >= 4 is 37.1 Å². The fourth-order valence-corrected chi connectivity index (χ4v) is 3.92. The number of carbonyl (C=O) groups is 2. The molecule has 1 fully saturated rings. The number of anilines is 1. The van der Waals surface area contributed by atoms with Gasteiger partial charge in [0.2, 0.25) is 15.0 Å².